The standard InChI is InChI=1S/C13H17N3O2S2/c1-3-13-16-8-10(19-13)7-15-11-5-4-6-12(9(11)2)20(14,17)18/h4-6,8,15H,3,7H2,1-2H3,(H2,14,17,18). The highest BCUT2D eigenvalue weighted by molar-refractivity contribution is 7.89. The summed E-state index contributed by atoms with van der Waals surface area (Å²) in [7, 11) is -3.69. The second-order valence-electron chi connectivity index (χ2n) is 4.40. The maximum atomic E-state index is 11.5. The zero-order valence-corrected chi connectivity index (χ0v) is 13.0. The summed E-state index contributed by atoms with van der Waals surface area (Å²) in [5, 5.41) is 9.52. The van der Waals surface area contributed by atoms with E-state index in [1.54, 1.807) is 24.3 Å². The molecule has 1 heterocycles. The van der Waals surface area contributed by atoms with E-state index in [4.69, 9.17) is 5.14 Å². The Morgan fingerprint density at radius 2 is 2.15 bits per heavy atom. The van der Waals surface area contributed by atoms with E-state index in [1.165, 1.54) is 6.07 Å². The van der Waals surface area contributed by atoms with Gasteiger partial charge in [0.05, 0.1) is 16.4 Å². The molecular weight excluding hydrogens is 294 g/mol. The van der Waals surface area contributed by atoms with Crippen LogP contribution in [0.3, 0.4) is 0 Å². The van der Waals surface area contributed by atoms with E-state index in [0.29, 0.717) is 12.1 Å². The first-order chi connectivity index (χ1) is 9.41. The first kappa shape index (κ1) is 15.0. The third-order valence-corrected chi connectivity index (χ3v) is 5.14. The van der Waals surface area contributed by atoms with E-state index in [2.05, 4.69) is 17.2 Å². The van der Waals surface area contributed by atoms with Crippen LogP contribution in [0, 0.1) is 6.92 Å². The van der Waals surface area contributed by atoms with Crippen molar-refractivity contribution < 1.29 is 8.42 Å². The first-order valence-electron chi connectivity index (χ1n) is 6.21. The number of benzene rings is 1. The van der Waals surface area contributed by atoms with E-state index in [0.717, 1.165) is 22.0 Å². The van der Waals surface area contributed by atoms with Crippen LogP contribution < -0.4 is 10.5 Å². The minimum atomic E-state index is -3.69. The fourth-order valence-electron chi connectivity index (χ4n) is 1.89. The molecule has 108 valence electrons. The van der Waals surface area contributed by atoms with Gasteiger partial charge in [-0.2, -0.15) is 0 Å². The van der Waals surface area contributed by atoms with Crippen LogP contribution in [0.5, 0.6) is 0 Å². The average molecular weight is 311 g/mol. The Hall–Kier alpha value is -1.44. The number of hydrogen-bond donors (Lipinski definition) is 2. The predicted molar refractivity (Wildman–Crippen MR) is 81.4 cm³/mol. The van der Waals surface area contributed by atoms with Gasteiger partial charge in [-0.25, -0.2) is 18.5 Å². The molecule has 0 saturated heterocycles. The topological polar surface area (TPSA) is 85.1 Å². The van der Waals surface area contributed by atoms with Crippen molar-refractivity contribution in [1.29, 1.82) is 0 Å². The predicted octanol–water partition coefficient (Wildman–Crippen LogP) is 2.27. The highest BCUT2D eigenvalue weighted by atomic mass is 32.2. The third kappa shape index (κ3) is 3.36. The number of thiazole rings is 1. The molecule has 0 aliphatic rings. The lowest BCUT2D eigenvalue weighted by atomic mass is 10.2. The van der Waals surface area contributed by atoms with Crippen molar-refractivity contribution in [3.05, 3.63) is 39.8 Å². The summed E-state index contributed by atoms with van der Waals surface area (Å²) >= 11 is 1.65. The number of sulfonamides is 1. The largest absolute Gasteiger partial charge is 0.380 e. The van der Waals surface area contributed by atoms with Gasteiger partial charge in [-0.05, 0) is 31.0 Å². The maximum absolute atomic E-state index is 11.5. The number of primary sulfonamides is 1. The van der Waals surface area contributed by atoms with Crippen molar-refractivity contribution >= 4 is 27.0 Å². The number of nitrogens with one attached hydrogen (secondary N) is 1. The molecule has 0 aliphatic carbocycles. The number of hydrogen-bond acceptors (Lipinski definition) is 5. The molecule has 0 radical (unpaired) electrons. The van der Waals surface area contributed by atoms with E-state index in [1.807, 2.05) is 12.3 Å². The molecule has 0 saturated carbocycles. The quantitative estimate of drug-likeness (QED) is 0.887. The summed E-state index contributed by atoms with van der Waals surface area (Å²) in [6, 6.07) is 5.03. The van der Waals surface area contributed by atoms with Crippen molar-refractivity contribution in [2.24, 2.45) is 5.14 Å². The molecule has 20 heavy (non-hydrogen) atoms. The molecule has 7 heteroatoms. The SMILES string of the molecule is CCc1ncc(CNc2cccc(S(N)(=O)=O)c2C)s1. The summed E-state index contributed by atoms with van der Waals surface area (Å²) in [6.45, 7) is 4.43. The molecule has 0 aliphatic heterocycles. The van der Waals surface area contributed by atoms with Crippen LogP contribution in [0.1, 0.15) is 22.4 Å². The lowest BCUT2D eigenvalue weighted by molar-refractivity contribution is 0.597. The van der Waals surface area contributed by atoms with Gasteiger partial charge in [-0.1, -0.05) is 13.0 Å². The summed E-state index contributed by atoms with van der Waals surface area (Å²) < 4.78 is 22.9. The number of aryl methyl sites for hydroxylation is 1. The van der Waals surface area contributed by atoms with Gasteiger partial charge in [0, 0.05) is 16.8 Å². The Kier molecular flexibility index (Phi) is 4.42. The summed E-state index contributed by atoms with van der Waals surface area (Å²) in [5.74, 6) is 0. The number of aromatic nitrogens is 1. The van der Waals surface area contributed by atoms with E-state index in [-0.39, 0.29) is 4.90 Å². The second kappa shape index (κ2) is 5.90. The maximum Gasteiger partial charge on any atom is 0.238 e. The van der Waals surface area contributed by atoms with Crippen LogP contribution in [0.2, 0.25) is 0 Å². The molecule has 5 nitrogen and oxygen atoms in total. The number of nitrogens with two attached hydrogens (primary N) is 1. The van der Waals surface area contributed by atoms with Crippen molar-refractivity contribution in [2.75, 3.05) is 5.32 Å². The second-order valence-corrected chi connectivity index (χ2v) is 7.13. The van der Waals surface area contributed by atoms with E-state index >= 15 is 0 Å². The molecule has 0 spiro atoms. The highest BCUT2D eigenvalue weighted by Crippen LogP contribution is 2.23. The molecule has 0 bridgehead atoms. The van der Waals surface area contributed by atoms with Crippen LogP contribution in [0.15, 0.2) is 29.3 Å². The normalized spacial score (nSPS) is 11.6. The summed E-state index contributed by atoms with van der Waals surface area (Å²) in [4.78, 5) is 5.56. The van der Waals surface area contributed by atoms with Crippen molar-refractivity contribution in [1.82, 2.24) is 4.98 Å². The zero-order chi connectivity index (χ0) is 14.8. The van der Waals surface area contributed by atoms with Gasteiger partial charge in [-0.3, -0.25) is 0 Å². The Morgan fingerprint density at radius 1 is 1.40 bits per heavy atom. The van der Waals surface area contributed by atoms with E-state index < -0.39 is 10.0 Å². The Balaban J connectivity index is 2.18. The Labute approximate surface area is 122 Å². The zero-order valence-electron chi connectivity index (χ0n) is 11.4. The molecule has 3 N–H and O–H groups in total. The lowest BCUT2D eigenvalue weighted by Crippen LogP contribution is -2.14. The van der Waals surface area contributed by atoms with Crippen LogP contribution in [-0.4, -0.2) is 13.4 Å². The van der Waals surface area contributed by atoms with Crippen molar-refractivity contribution in [2.45, 2.75) is 31.7 Å². The number of rotatable bonds is 5. The van der Waals surface area contributed by atoms with Gasteiger partial charge >= 0.3 is 0 Å². The fraction of sp³-hybridized carbons (Fsp3) is 0.308. The molecule has 2 aromatic rings. The fourth-order valence-corrected chi connectivity index (χ4v) is 3.50. The monoisotopic (exact) mass is 311 g/mol. The minimum Gasteiger partial charge on any atom is -0.380 e. The van der Waals surface area contributed by atoms with Crippen LogP contribution in [0.4, 0.5) is 5.69 Å². The highest BCUT2D eigenvalue weighted by Gasteiger charge is 2.13. The molecule has 1 aromatic carbocycles. The first-order valence-corrected chi connectivity index (χ1v) is 8.58. The third-order valence-electron chi connectivity index (χ3n) is 2.95. The smallest absolute Gasteiger partial charge is 0.238 e. The van der Waals surface area contributed by atoms with Crippen LogP contribution in [-0.2, 0) is 23.0 Å². The Bertz CT molecular complexity index is 708. The van der Waals surface area contributed by atoms with Gasteiger partial charge < -0.3 is 5.32 Å². The lowest BCUT2D eigenvalue weighted by Gasteiger charge is -2.11. The van der Waals surface area contributed by atoms with Crippen LogP contribution >= 0.6 is 11.3 Å². The van der Waals surface area contributed by atoms with E-state index in [9.17, 15) is 8.42 Å². The summed E-state index contributed by atoms with van der Waals surface area (Å²) in [5.41, 5.74) is 1.40. The Morgan fingerprint density at radius 3 is 2.75 bits per heavy atom. The molecule has 0 unspecified atom stereocenters. The van der Waals surface area contributed by atoms with Gasteiger partial charge in [-0.15, -0.1) is 11.3 Å². The van der Waals surface area contributed by atoms with Gasteiger partial charge in [0.2, 0.25) is 10.0 Å². The molecule has 1 aromatic heterocycles. The minimum absolute atomic E-state index is 0.154. The van der Waals surface area contributed by atoms with Gasteiger partial charge in [0.15, 0.2) is 0 Å². The molecule has 2 rings (SSSR count). The molecule has 0 fully saturated rings. The van der Waals surface area contributed by atoms with Gasteiger partial charge in [0.1, 0.15) is 0 Å². The van der Waals surface area contributed by atoms with Crippen molar-refractivity contribution in [3.63, 3.8) is 0 Å². The number of anilines is 1. The van der Waals surface area contributed by atoms with Crippen molar-refractivity contribution in [3.8, 4) is 0 Å². The number of nitrogens with zero attached hydrogens (tertiary/aromatic N) is 1. The average Bonchev–Trinajstić information content (AvgIpc) is 2.84. The van der Waals surface area contributed by atoms with Crippen LogP contribution in [0.25, 0.3) is 0 Å². The van der Waals surface area contributed by atoms with Gasteiger partial charge in [0.25, 0.3) is 0 Å². The molecule has 0 amide bonds. The molecule has 0 atom stereocenters. The molecular formula is C13H17N3O2S2. The summed E-state index contributed by atoms with van der Waals surface area (Å²) in [6.07, 6.45) is 2.76.